The molecule has 4 rings (SSSR count). The number of thioether (sulfide) groups is 1. The number of amides is 3. The molecule has 2 aromatic heterocycles. The lowest BCUT2D eigenvalue weighted by molar-refractivity contribution is -0.132. The molecular weight excluding hydrogens is 484 g/mol. The Morgan fingerprint density at radius 3 is 2.47 bits per heavy atom. The van der Waals surface area contributed by atoms with Gasteiger partial charge in [-0.05, 0) is 48.8 Å². The Labute approximate surface area is 214 Å². The van der Waals surface area contributed by atoms with Gasteiger partial charge in [-0.3, -0.25) is 9.59 Å². The number of carbonyl (C=O) groups is 3. The molecule has 0 atom stereocenters. The Morgan fingerprint density at radius 2 is 1.86 bits per heavy atom. The summed E-state index contributed by atoms with van der Waals surface area (Å²) in [5, 5.41) is 13.1. The fourth-order valence-electron chi connectivity index (χ4n) is 4.21. The van der Waals surface area contributed by atoms with Gasteiger partial charge in [-0.15, -0.1) is 5.10 Å². The van der Waals surface area contributed by atoms with E-state index in [1.54, 1.807) is 22.7 Å². The number of likely N-dealkylation sites (N-methyl/N-ethyl adjacent to an activating group) is 1. The third kappa shape index (κ3) is 6.38. The van der Waals surface area contributed by atoms with Gasteiger partial charge >= 0.3 is 6.09 Å². The van der Waals surface area contributed by atoms with Crippen LogP contribution in [-0.2, 0) is 16.1 Å². The Hall–Kier alpha value is -3.06. The number of imide groups is 1. The summed E-state index contributed by atoms with van der Waals surface area (Å²) in [5.74, 6) is -0.386. The van der Waals surface area contributed by atoms with Gasteiger partial charge in [0.15, 0.2) is 0 Å². The number of rotatable bonds is 7. The first-order valence-electron chi connectivity index (χ1n) is 12.0. The molecule has 0 saturated carbocycles. The monoisotopic (exact) mass is 516 g/mol. The van der Waals surface area contributed by atoms with Crippen molar-refractivity contribution in [3.05, 3.63) is 18.3 Å². The average molecular weight is 517 g/mol. The highest BCUT2D eigenvalue weighted by Gasteiger charge is 2.38. The number of piperidine rings is 2. The van der Waals surface area contributed by atoms with Gasteiger partial charge in [-0.2, -0.15) is 0 Å². The molecule has 0 N–H and O–H groups in total. The minimum Gasteiger partial charge on any atom is -0.391 e. The van der Waals surface area contributed by atoms with E-state index in [1.807, 2.05) is 32.6 Å². The van der Waals surface area contributed by atoms with E-state index < -0.39 is 6.09 Å². The first-order valence-corrected chi connectivity index (χ1v) is 12.9. The molecule has 0 aromatic carbocycles. The molecule has 0 unspecified atom stereocenters. The number of tetrazole rings is 1. The van der Waals surface area contributed by atoms with E-state index in [4.69, 9.17) is 4.74 Å². The van der Waals surface area contributed by atoms with E-state index >= 15 is 0 Å². The SMILES string of the molecule is CN(C)CCn1nnnc1SC1CCN(C(=O)Oc2ccc(N3C(=O)CC(C)(C)CC3=O)cn2)CC1. The summed E-state index contributed by atoms with van der Waals surface area (Å²) in [6, 6.07) is 3.08. The van der Waals surface area contributed by atoms with Crippen LogP contribution in [0.3, 0.4) is 0 Å². The van der Waals surface area contributed by atoms with E-state index in [1.165, 1.54) is 12.3 Å². The first-order chi connectivity index (χ1) is 17.1. The van der Waals surface area contributed by atoms with Gasteiger partial charge < -0.3 is 14.5 Å². The highest BCUT2D eigenvalue weighted by Crippen LogP contribution is 2.34. The Balaban J connectivity index is 1.27. The lowest BCUT2D eigenvalue weighted by atomic mass is 9.81. The molecule has 36 heavy (non-hydrogen) atoms. The standard InChI is InChI=1S/C23H32N8O4S/c1-23(2)13-19(32)31(20(33)14-23)16-5-6-18(24-15-16)35-22(34)29-9-7-17(8-10-29)36-21-25-26-27-30(21)12-11-28(3)4/h5-6,15,17H,7-14H2,1-4H3. The molecule has 2 aliphatic rings. The number of carbonyl (C=O) groups excluding carboxylic acids is 3. The van der Waals surface area contributed by atoms with E-state index in [0.717, 1.165) is 36.0 Å². The lowest BCUT2D eigenvalue weighted by Crippen LogP contribution is -2.46. The summed E-state index contributed by atoms with van der Waals surface area (Å²) < 4.78 is 7.25. The fraction of sp³-hybridized carbons (Fsp3) is 0.609. The number of aromatic nitrogens is 5. The highest BCUT2D eigenvalue weighted by molar-refractivity contribution is 7.99. The molecule has 3 amide bonds. The normalized spacial score (nSPS) is 18.7. The van der Waals surface area contributed by atoms with Crippen LogP contribution in [0.5, 0.6) is 5.88 Å². The topological polar surface area (TPSA) is 127 Å². The number of hydrogen-bond acceptors (Lipinski definition) is 10. The van der Waals surface area contributed by atoms with Crippen LogP contribution in [0.2, 0.25) is 0 Å². The largest absolute Gasteiger partial charge is 0.416 e. The third-order valence-electron chi connectivity index (χ3n) is 6.16. The fourth-order valence-corrected chi connectivity index (χ4v) is 5.28. The number of nitrogens with zero attached hydrogens (tertiary/aromatic N) is 8. The second-order valence-electron chi connectivity index (χ2n) is 10.2. The molecule has 0 bridgehead atoms. The number of likely N-dealkylation sites (tertiary alicyclic amines) is 1. The van der Waals surface area contributed by atoms with Crippen molar-refractivity contribution in [3.8, 4) is 5.88 Å². The predicted molar refractivity (Wildman–Crippen MR) is 133 cm³/mol. The van der Waals surface area contributed by atoms with Crippen molar-refractivity contribution in [1.29, 1.82) is 0 Å². The lowest BCUT2D eigenvalue weighted by Gasteiger charge is -2.34. The van der Waals surface area contributed by atoms with Gasteiger partial charge in [0.05, 0.1) is 18.4 Å². The highest BCUT2D eigenvalue weighted by atomic mass is 32.2. The van der Waals surface area contributed by atoms with Gasteiger partial charge in [-0.25, -0.2) is 19.4 Å². The zero-order chi connectivity index (χ0) is 25.9. The third-order valence-corrected chi connectivity index (χ3v) is 7.47. The second kappa shape index (κ2) is 10.9. The van der Waals surface area contributed by atoms with Crippen LogP contribution in [0.1, 0.15) is 39.5 Å². The van der Waals surface area contributed by atoms with E-state index in [-0.39, 0.29) is 36.0 Å². The van der Waals surface area contributed by atoms with Crippen molar-refractivity contribution in [3.63, 3.8) is 0 Å². The minimum atomic E-state index is -0.471. The van der Waals surface area contributed by atoms with Crippen molar-refractivity contribution in [1.82, 2.24) is 35.0 Å². The van der Waals surface area contributed by atoms with Crippen LogP contribution in [0.15, 0.2) is 23.5 Å². The number of hydrogen-bond donors (Lipinski definition) is 0. The summed E-state index contributed by atoms with van der Waals surface area (Å²) >= 11 is 1.64. The maximum Gasteiger partial charge on any atom is 0.416 e. The maximum atomic E-state index is 12.7. The van der Waals surface area contributed by atoms with E-state index in [0.29, 0.717) is 24.0 Å². The van der Waals surface area contributed by atoms with Crippen molar-refractivity contribution >= 4 is 35.4 Å². The van der Waals surface area contributed by atoms with Crippen LogP contribution in [-0.4, -0.2) is 91.9 Å². The number of ether oxygens (including phenoxy) is 1. The summed E-state index contributed by atoms with van der Waals surface area (Å²) in [5.41, 5.74) is 0.0336. The maximum absolute atomic E-state index is 12.7. The molecule has 2 fully saturated rings. The van der Waals surface area contributed by atoms with Crippen LogP contribution in [0.4, 0.5) is 10.5 Å². The Kier molecular flexibility index (Phi) is 7.88. The quantitative estimate of drug-likeness (QED) is 0.505. The van der Waals surface area contributed by atoms with E-state index in [9.17, 15) is 14.4 Å². The van der Waals surface area contributed by atoms with Gasteiger partial charge in [-0.1, -0.05) is 25.6 Å². The van der Waals surface area contributed by atoms with Crippen molar-refractivity contribution in [2.24, 2.45) is 5.41 Å². The van der Waals surface area contributed by atoms with Crippen LogP contribution < -0.4 is 9.64 Å². The van der Waals surface area contributed by atoms with Gasteiger partial charge in [0.25, 0.3) is 0 Å². The summed E-state index contributed by atoms with van der Waals surface area (Å²) in [6.07, 6.45) is 3.08. The van der Waals surface area contributed by atoms with E-state index in [2.05, 4.69) is 25.4 Å². The smallest absolute Gasteiger partial charge is 0.391 e. The summed E-state index contributed by atoms with van der Waals surface area (Å²) in [6.45, 7) is 6.48. The number of pyridine rings is 1. The summed E-state index contributed by atoms with van der Waals surface area (Å²) in [7, 11) is 4.01. The molecule has 13 heteroatoms. The average Bonchev–Trinajstić information content (AvgIpc) is 3.25. The van der Waals surface area contributed by atoms with Gasteiger partial charge in [0.1, 0.15) is 0 Å². The molecular formula is C23H32N8O4S. The van der Waals surface area contributed by atoms with Crippen LogP contribution >= 0.6 is 11.8 Å². The molecule has 12 nitrogen and oxygen atoms in total. The van der Waals surface area contributed by atoms with Crippen molar-refractivity contribution in [2.45, 2.75) is 56.5 Å². The molecule has 194 valence electrons. The molecule has 4 heterocycles. The molecule has 2 aromatic rings. The molecule has 0 spiro atoms. The van der Waals surface area contributed by atoms with Crippen molar-refractivity contribution < 1.29 is 19.1 Å². The molecule has 0 aliphatic carbocycles. The van der Waals surface area contributed by atoms with Crippen LogP contribution in [0.25, 0.3) is 0 Å². The Bertz CT molecular complexity index is 1080. The first kappa shape index (κ1) is 26.0. The minimum absolute atomic E-state index is 0.123. The summed E-state index contributed by atoms with van der Waals surface area (Å²) in [4.78, 5) is 46.6. The van der Waals surface area contributed by atoms with Crippen molar-refractivity contribution in [2.75, 3.05) is 38.6 Å². The van der Waals surface area contributed by atoms with Gasteiger partial charge in [0, 0.05) is 43.8 Å². The van der Waals surface area contributed by atoms with Gasteiger partial charge in [0.2, 0.25) is 22.9 Å². The predicted octanol–water partition coefficient (Wildman–Crippen LogP) is 2.06. The zero-order valence-corrected chi connectivity index (χ0v) is 21.9. The zero-order valence-electron chi connectivity index (χ0n) is 21.1. The molecule has 2 aliphatic heterocycles. The Morgan fingerprint density at radius 1 is 1.17 bits per heavy atom. The molecule has 2 saturated heterocycles. The number of anilines is 1. The second-order valence-corrected chi connectivity index (χ2v) is 11.4. The van der Waals surface area contributed by atoms with Crippen LogP contribution in [0, 0.1) is 5.41 Å². The molecule has 0 radical (unpaired) electrons.